The van der Waals surface area contributed by atoms with Crippen LogP contribution in [0.3, 0.4) is 0 Å². The van der Waals surface area contributed by atoms with Crippen molar-refractivity contribution in [2.24, 2.45) is 0 Å². The number of hydrogen-bond acceptors (Lipinski definition) is 0. The zero-order valence-corrected chi connectivity index (χ0v) is 27.9. The number of unbranched alkanes of at least 4 members (excludes halogenated alkanes) is 27. The van der Waals surface area contributed by atoms with Crippen LogP contribution in [0.2, 0.25) is 0 Å². The third-order valence-corrected chi connectivity index (χ3v) is 10.7. The molecule has 0 unspecified atom stereocenters. The van der Waals surface area contributed by atoms with Gasteiger partial charge in [0.1, 0.15) is 0 Å². The molecule has 0 N–H and O–H groups in total. The highest BCUT2D eigenvalue weighted by Gasteiger charge is 1.98. The maximum atomic E-state index is 2.61. The average Bonchev–Trinajstić information content (AvgIpc) is 2.80. The first-order valence-corrected chi connectivity index (χ1v) is 22.5. The van der Waals surface area contributed by atoms with E-state index >= 15 is 0 Å². The van der Waals surface area contributed by atoms with Crippen LogP contribution in [0.5, 0.6) is 0 Å². The Balaban J connectivity index is 3.00. The summed E-state index contributed by atoms with van der Waals surface area (Å²) in [5.74, 6) is 0. The summed E-state index contributed by atoms with van der Waals surface area (Å²) in [7, 11) is 0. The summed E-state index contributed by atoms with van der Waals surface area (Å²) in [6, 6.07) is 0. The van der Waals surface area contributed by atoms with Gasteiger partial charge in [0.2, 0.25) is 0 Å². The van der Waals surface area contributed by atoms with Gasteiger partial charge in [-0.3, -0.25) is 0 Å². The van der Waals surface area contributed by atoms with Crippen molar-refractivity contribution in [3.63, 3.8) is 0 Å². The van der Waals surface area contributed by atoms with Gasteiger partial charge in [0, 0.05) is 3.21 Å². The van der Waals surface area contributed by atoms with E-state index in [0.717, 1.165) is 0 Å². The SMILES string of the molecule is CCCCCCCCCCCCCCCCCCCCCCCCCCCCCCP(I)I. The van der Waals surface area contributed by atoms with E-state index in [2.05, 4.69) is 51.0 Å². The fourth-order valence-corrected chi connectivity index (χ4v) is 7.41. The molecule has 0 fully saturated rings. The topological polar surface area (TPSA) is 0 Å². The molecule has 0 aliphatic rings. The van der Waals surface area contributed by atoms with Crippen LogP contribution in [0.4, 0.5) is 0 Å². The second-order valence-corrected chi connectivity index (χ2v) is 24.2. The number of hydrogen-bond donors (Lipinski definition) is 0. The monoisotopic (exact) mass is 706 g/mol. The Labute approximate surface area is 238 Å². The van der Waals surface area contributed by atoms with Crippen LogP contribution >= 0.6 is 47.3 Å². The van der Waals surface area contributed by atoms with Crippen molar-refractivity contribution >= 4 is 47.3 Å². The quantitative estimate of drug-likeness (QED) is 0.0413. The predicted octanol–water partition coefficient (Wildman–Crippen LogP) is 14.1. The fourth-order valence-electron chi connectivity index (χ4n) is 4.90. The van der Waals surface area contributed by atoms with Gasteiger partial charge in [-0.1, -0.05) is 180 Å². The van der Waals surface area contributed by atoms with Gasteiger partial charge in [-0.05, 0) is 56.7 Å². The third kappa shape index (κ3) is 33.9. The lowest BCUT2D eigenvalue weighted by atomic mass is 10.0. The minimum absolute atomic E-state index is 0.289. The van der Waals surface area contributed by atoms with E-state index in [0.29, 0.717) is 0 Å². The summed E-state index contributed by atoms with van der Waals surface area (Å²) >= 11 is 5.21. The lowest BCUT2D eigenvalue weighted by Crippen LogP contribution is -1.85. The van der Waals surface area contributed by atoms with E-state index < -0.39 is 0 Å². The Morgan fingerprint density at radius 3 is 0.667 bits per heavy atom. The Bertz CT molecular complexity index is 335. The number of halogens is 2. The number of rotatable bonds is 29. The molecule has 0 nitrogen and oxygen atoms in total. The van der Waals surface area contributed by atoms with E-state index in [-0.39, 0.29) is 3.21 Å². The summed E-state index contributed by atoms with van der Waals surface area (Å²) < 4.78 is 0.289. The molecule has 0 aliphatic heterocycles. The van der Waals surface area contributed by atoms with Gasteiger partial charge >= 0.3 is 0 Å². The van der Waals surface area contributed by atoms with Gasteiger partial charge in [-0.25, -0.2) is 0 Å². The van der Waals surface area contributed by atoms with Gasteiger partial charge in [-0.2, -0.15) is 0 Å². The van der Waals surface area contributed by atoms with Crippen molar-refractivity contribution in [3.05, 3.63) is 0 Å². The summed E-state index contributed by atoms with van der Waals surface area (Å²) in [6.45, 7) is 2.31. The molecule has 0 saturated carbocycles. The largest absolute Gasteiger partial charge is 0.0654 e. The standard InChI is InChI=1S/C30H61I2P/c1-2-3-4-5-6-7-8-9-10-11-12-13-14-15-16-17-18-19-20-21-22-23-24-25-26-27-28-29-30-33(31)32/h2-30H2,1H3. The molecule has 0 aliphatic carbocycles. The van der Waals surface area contributed by atoms with Crippen molar-refractivity contribution in [1.29, 1.82) is 0 Å². The summed E-state index contributed by atoms with van der Waals surface area (Å²) in [6.07, 6.45) is 43.0. The lowest BCUT2D eigenvalue weighted by molar-refractivity contribution is 0.514. The van der Waals surface area contributed by atoms with Gasteiger partial charge in [-0.15, -0.1) is 0 Å². The molecule has 0 saturated heterocycles. The molecule has 0 aromatic carbocycles. The van der Waals surface area contributed by atoms with E-state index in [1.807, 2.05) is 0 Å². The molecule has 0 heterocycles. The van der Waals surface area contributed by atoms with Crippen LogP contribution in [0.15, 0.2) is 0 Å². The highest BCUT2D eigenvalue weighted by atomic mass is 127. The van der Waals surface area contributed by atoms with Crippen LogP contribution < -0.4 is 0 Å². The molecular formula is C30H61I2P. The second kappa shape index (κ2) is 31.9. The van der Waals surface area contributed by atoms with Crippen LogP contribution in [0, 0.1) is 0 Å². The summed E-state index contributed by atoms with van der Waals surface area (Å²) in [5.41, 5.74) is 0. The van der Waals surface area contributed by atoms with E-state index in [1.54, 1.807) is 0 Å². The van der Waals surface area contributed by atoms with Gasteiger partial charge < -0.3 is 0 Å². The summed E-state index contributed by atoms with van der Waals surface area (Å²) in [4.78, 5) is 0. The van der Waals surface area contributed by atoms with E-state index in [4.69, 9.17) is 0 Å². The molecule has 3 heteroatoms. The highest BCUT2D eigenvalue weighted by Crippen LogP contribution is 2.53. The van der Waals surface area contributed by atoms with Crippen molar-refractivity contribution in [1.82, 2.24) is 0 Å². The Morgan fingerprint density at radius 2 is 0.485 bits per heavy atom. The first kappa shape index (κ1) is 34.9. The molecule has 200 valence electrons. The van der Waals surface area contributed by atoms with Crippen molar-refractivity contribution in [2.45, 2.75) is 187 Å². The molecule has 0 aromatic heterocycles. The fraction of sp³-hybridized carbons (Fsp3) is 1.00. The Morgan fingerprint density at radius 1 is 0.303 bits per heavy atom. The Kier molecular flexibility index (Phi) is 33.7. The molecule has 0 aromatic rings. The summed E-state index contributed by atoms with van der Waals surface area (Å²) in [5, 5.41) is 0. The average molecular weight is 707 g/mol. The minimum Gasteiger partial charge on any atom is -0.0654 e. The second-order valence-electron chi connectivity index (χ2n) is 10.6. The van der Waals surface area contributed by atoms with Crippen molar-refractivity contribution in [2.75, 3.05) is 6.16 Å². The maximum Gasteiger partial charge on any atom is 0.0247 e. The third-order valence-electron chi connectivity index (χ3n) is 7.18. The van der Waals surface area contributed by atoms with E-state index in [1.165, 1.54) is 186 Å². The molecule has 0 bridgehead atoms. The van der Waals surface area contributed by atoms with Crippen LogP contribution in [0.25, 0.3) is 0 Å². The lowest BCUT2D eigenvalue weighted by Gasteiger charge is -2.05. The first-order valence-electron chi connectivity index (χ1n) is 15.4. The normalized spacial score (nSPS) is 11.6. The van der Waals surface area contributed by atoms with Gasteiger partial charge in [0.25, 0.3) is 0 Å². The smallest absolute Gasteiger partial charge is 0.0247 e. The highest BCUT2D eigenvalue weighted by molar-refractivity contribution is 14.3. The van der Waals surface area contributed by atoms with Crippen LogP contribution in [-0.2, 0) is 0 Å². The minimum atomic E-state index is 0.289. The molecule has 33 heavy (non-hydrogen) atoms. The predicted molar refractivity (Wildman–Crippen MR) is 175 cm³/mol. The molecular weight excluding hydrogens is 645 g/mol. The van der Waals surface area contributed by atoms with Gasteiger partial charge in [0.15, 0.2) is 0 Å². The zero-order valence-electron chi connectivity index (χ0n) is 22.7. The first-order chi connectivity index (χ1) is 16.3. The molecule has 0 atom stereocenters. The zero-order chi connectivity index (χ0) is 24.1. The maximum absolute atomic E-state index is 2.61. The molecule has 0 rings (SSSR count). The van der Waals surface area contributed by atoms with E-state index in [9.17, 15) is 0 Å². The molecule has 0 amide bonds. The van der Waals surface area contributed by atoms with Crippen LogP contribution in [-0.4, -0.2) is 6.16 Å². The van der Waals surface area contributed by atoms with Crippen molar-refractivity contribution in [3.8, 4) is 0 Å². The molecule has 0 spiro atoms. The van der Waals surface area contributed by atoms with Crippen molar-refractivity contribution < 1.29 is 0 Å². The Hall–Kier alpha value is 1.89. The molecule has 0 radical (unpaired) electrons. The van der Waals surface area contributed by atoms with Gasteiger partial charge in [0.05, 0.1) is 0 Å². The van der Waals surface area contributed by atoms with Crippen LogP contribution in [0.1, 0.15) is 187 Å².